The van der Waals surface area contributed by atoms with Crippen molar-refractivity contribution in [1.82, 2.24) is 4.90 Å². The summed E-state index contributed by atoms with van der Waals surface area (Å²) in [6, 6.07) is 26.6. The van der Waals surface area contributed by atoms with Gasteiger partial charge in [0, 0.05) is 5.56 Å². The van der Waals surface area contributed by atoms with Crippen molar-refractivity contribution < 1.29 is 9.59 Å². The van der Waals surface area contributed by atoms with E-state index in [1.807, 2.05) is 73.7 Å². The molecule has 3 aromatic rings. The topological polar surface area (TPSA) is 63.4 Å². The van der Waals surface area contributed by atoms with Crippen LogP contribution in [0.15, 0.2) is 91.0 Å². The molecule has 3 rings (SSSR count). The first kappa shape index (κ1) is 18.4. The van der Waals surface area contributed by atoms with E-state index in [1.165, 1.54) is 0 Å². The molecule has 0 unspecified atom stereocenters. The van der Waals surface area contributed by atoms with Gasteiger partial charge >= 0.3 is 0 Å². The molecule has 0 aliphatic heterocycles. The fraction of sp³-hybridized carbons (Fsp3) is 0.130. The standard InChI is InChI=1S/C23H22N2O2/c1-17(18-11-5-2-6-12-18)25(23(27)20-15-9-4-10-16-20)21(22(24)26)19-13-7-3-8-14-19/h2-17,21H,1H3,(H2,24,26)/t17-,21+/m1/s1. The largest absolute Gasteiger partial charge is 0.368 e. The summed E-state index contributed by atoms with van der Waals surface area (Å²) < 4.78 is 0. The average Bonchev–Trinajstić information content (AvgIpc) is 2.72. The molecule has 2 atom stereocenters. The summed E-state index contributed by atoms with van der Waals surface area (Å²) in [6.07, 6.45) is 0. The highest BCUT2D eigenvalue weighted by molar-refractivity contribution is 5.98. The first-order valence-electron chi connectivity index (χ1n) is 8.86. The van der Waals surface area contributed by atoms with E-state index in [1.54, 1.807) is 29.2 Å². The lowest BCUT2D eigenvalue weighted by atomic mass is 9.98. The fourth-order valence-corrected chi connectivity index (χ4v) is 3.24. The molecule has 2 N–H and O–H groups in total. The summed E-state index contributed by atoms with van der Waals surface area (Å²) in [4.78, 5) is 27.4. The van der Waals surface area contributed by atoms with Gasteiger partial charge in [-0.2, -0.15) is 0 Å². The summed E-state index contributed by atoms with van der Waals surface area (Å²) in [6.45, 7) is 1.91. The highest BCUT2D eigenvalue weighted by atomic mass is 16.2. The molecule has 27 heavy (non-hydrogen) atoms. The summed E-state index contributed by atoms with van der Waals surface area (Å²) in [5.41, 5.74) is 7.91. The molecule has 0 bridgehead atoms. The Morgan fingerprint density at radius 2 is 1.19 bits per heavy atom. The van der Waals surface area contributed by atoms with Gasteiger partial charge < -0.3 is 10.6 Å². The zero-order valence-electron chi connectivity index (χ0n) is 15.2. The van der Waals surface area contributed by atoms with E-state index < -0.39 is 11.9 Å². The van der Waals surface area contributed by atoms with Gasteiger partial charge in [0.15, 0.2) is 0 Å². The van der Waals surface area contributed by atoms with E-state index in [9.17, 15) is 9.59 Å². The van der Waals surface area contributed by atoms with Crippen molar-refractivity contribution in [3.63, 3.8) is 0 Å². The van der Waals surface area contributed by atoms with E-state index >= 15 is 0 Å². The second kappa shape index (κ2) is 8.32. The third kappa shape index (κ3) is 4.06. The van der Waals surface area contributed by atoms with Crippen molar-refractivity contribution in [3.05, 3.63) is 108 Å². The minimum Gasteiger partial charge on any atom is -0.368 e. The van der Waals surface area contributed by atoms with Crippen molar-refractivity contribution >= 4 is 11.8 Å². The first-order chi connectivity index (χ1) is 13.1. The van der Waals surface area contributed by atoms with Crippen LogP contribution in [-0.2, 0) is 4.79 Å². The molecule has 0 aromatic heterocycles. The summed E-state index contributed by atoms with van der Waals surface area (Å²) in [5, 5.41) is 0. The van der Waals surface area contributed by atoms with E-state index in [4.69, 9.17) is 5.73 Å². The maximum Gasteiger partial charge on any atom is 0.255 e. The van der Waals surface area contributed by atoms with Crippen molar-refractivity contribution in [2.24, 2.45) is 5.73 Å². The fourth-order valence-electron chi connectivity index (χ4n) is 3.24. The third-order valence-electron chi connectivity index (χ3n) is 4.62. The summed E-state index contributed by atoms with van der Waals surface area (Å²) >= 11 is 0. The van der Waals surface area contributed by atoms with Crippen LogP contribution >= 0.6 is 0 Å². The molecule has 0 spiro atoms. The third-order valence-corrected chi connectivity index (χ3v) is 4.62. The van der Waals surface area contributed by atoms with Crippen LogP contribution in [-0.4, -0.2) is 16.7 Å². The van der Waals surface area contributed by atoms with Crippen LogP contribution in [0, 0.1) is 0 Å². The Balaban J connectivity index is 2.11. The van der Waals surface area contributed by atoms with E-state index in [0.717, 1.165) is 5.56 Å². The van der Waals surface area contributed by atoms with Crippen LogP contribution in [0.3, 0.4) is 0 Å². The predicted molar refractivity (Wildman–Crippen MR) is 106 cm³/mol. The van der Waals surface area contributed by atoms with Gasteiger partial charge in [-0.05, 0) is 30.2 Å². The van der Waals surface area contributed by atoms with Gasteiger partial charge in [0.2, 0.25) is 5.91 Å². The average molecular weight is 358 g/mol. The Morgan fingerprint density at radius 3 is 1.67 bits per heavy atom. The van der Waals surface area contributed by atoms with Crippen molar-refractivity contribution in [3.8, 4) is 0 Å². The molecule has 2 amide bonds. The zero-order chi connectivity index (χ0) is 19.2. The number of benzene rings is 3. The molecule has 4 nitrogen and oxygen atoms in total. The van der Waals surface area contributed by atoms with E-state index in [2.05, 4.69) is 0 Å². The molecule has 0 radical (unpaired) electrons. The van der Waals surface area contributed by atoms with Crippen LogP contribution in [0.2, 0.25) is 0 Å². The van der Waals surface area contributed by atoms with E-state index in [0.29, 0.717) is 11.1 Å². The van der Waals surface area contributed by atoms with Crippen LogP contribution in [0.1, 0.15) is 40.5 Å². The molecule has 0 saturated carbocycles. The SMILES string of the molecule is C[C@H](c1ccccc1)N(C(=O)c1ccccc1)[C@H](C(N)=O)c1ccccc1. The molecule has 0 aliphatic carbocycles. The van der Waals surface area contributed by atoms with Gasteiger partial charge in [0.25, 0.3) is 5.91 Å². The normalized spacial score (nSPS) is 12.8. The molecule has 4 heteroatoms. The minimum atomic E-state index is -0.867. The molecule has 0 fully saturated rings. The monoisotopic (exact) mass is 358 g/mol. The van der Waals surface area contributed by atoms with Gasteiger partial charge in [-0.25, -0.2) is 0 Å². The first-order valence-corrected chi connectivity index (χ1v) is 8.86. The highest BCUT2D eigenvalue weighted by Gasteiger charge is 2.34. The van der Waals surface area contributed by atoms with Crippen molar-refractivity contribution in [1.29, 1.82) is 0 Å². The Bertz CT molecular complexity index is 895. The molecule has 0 heterocycles. The van der Waals surface area contributed by atoms with Crippen LogP contribution in [0.4, 0.5) is 0 Å². The Morgan fingerprint density at radius 1 is 0.741 bits per heavy atom. The number of carbonyl (C=O) groups excluding carboxylic acids is 2. The lowest BCUT2D eigenvalue weighted by molar-refractivity contribution is -0.123. The predicted octanol–water partition coefficient (Wildman–Crippen LogP) is 4.12. The smallest absolute Gasteiger partial charge is 0.255 e. The van der Waals surface area contributed by atoms with Gasteiger partial charge in [-0.15, -0.1) is 0 Å². The number of nitrogens with two attached hydrogens (primary N) is 1. The molecule has 136 valence electrons. The Kier molecular flexibility index (Phi) is 5.67. The second-order valence-corrected chi connectivity index (χ2v) is 6.38. The van der Waals surface area contributed by atoms with Crippen molar-refractivity contribution in [2.75, 3.05) is 0 Å². The number of nitrogens with zero attached hydrogens (tertiary/aromatic N) is 1. The number of carbonyl (C=O) groups is 2. The Labute approximate surface area is 159 Å². The lowest BCUT2D eigenvalue weighted by Crippen LogP contribution is -2.43. The summed E-state index contributed by atoms with van der Waals surface area (Å²) in [7, 11) is 0. The molecule has 3 aromatic carbocycles. The molecule has 0 saturated heterocycles. The lowest BCUT2D eigenvalue weighted by Gasteiger charge is -2.35. The second-order valence-electron chi connectivity index (χ2n) is 6.38. The number of rotatable bonds is 6. The quantitative estimate of drug-likeness (QED) is 0.720. The zero-order valence-corrected chi connectivity index (χ0v) is 15.2. The van der Waals surface area contributed by atoms with Crippen LogP contribution in [0.25, 0.3) is 0 Å². The van der Waals surface area contributed by atoms with Crippen molar-refractivity contribution in [2.45, 2.75) is 19.0 Å². The molecule has 0 aliphatic rings. The Hall–Kier alpha value is -3.40. The number of hydrogen-bond acceptors (Lipinski definition) is 2. The van der Waals surface area contributed by atoms with Gasteiger partial charge in [0.1, 0.15) is 6.04 Å². The highest BCUT2D eigenvalue weighted by Crippen LogP contribution is 2.32. The number of amides is 2. The van der Waals surface area contributed by atoms with E-state index in [-0.39, 0.29) is 11.9 Å². The number of primary amides is 1. The van der Waals surface area contributed by atoms with Gasteiger partial charge in [0.05, 0.1) is 6.04 Å². The molecular formula is C23H22N2O2. The van der Waals surface area contributed by atoms with Crippen LogP contribution in [0.5, 0.6) is 0 Å². The number of hydrogen-bond donors (Lipinski definition) is 1. The maximum absolute atomic E-state index is 13.4. The van der Waals surface area contributed by atoms with Crippen LogP contribution < -0.4 is 5.73 Å². The molecular weight excluding hydrogens is 336 g/mol. The summed E-state index contributed by atoms with van der Waals surface area (Å²) in [5.74, 6) is -0.798. The maximum atomic E-state index is 13.4. The van der Waals surface area contributed by atoms with Gasteiger partial charge in [-0.1, -0.05) is 78.9 Å². The van der Waals surface area contributed by atoms with Gasteiger partial charge in [-0.3, -0.25) is 9.59 Å². The minimum absolute atomic E-state index is 0.236.